The monoisotopic (exact) mass is 264 g/mol. The number of hydrogen-bond acceptors (Lipinski definition) is 3. The van der Waals surface area contributed by atoms with Crippen molar-refractivity contribution >= 4 is 11.0 Å². The van der Waals surface area contributed by atoms with E-state index >= 15 is 0 Å². The summed E-state index contributed by atoms with van der Waals surface area (Å²) in [4.78, 5) is 12.4. The van der Waals surface area contributed by atoms with Crippen LogP contribution >= 0.6 is 0 Å². The molecular weight excluding hydrogens is 252 g/mol. The molecule has 1 fully saturated rings. The molecule has 1 aliphatic heterocycles. The number of para-hydroxylation sites is 1. The van der Waals surface area contributed by atoms with Gasteiger partial charge in [-0.1, -0.05) is 42.5 Å². The van der Waals surface area contributed by atoms with Gasteiger partial charge >= 0.3 is 0 Å². The maximum atomic E-state index is 12.4. The van der Waals surface area contributed by atoms with Gasteiger partial charge in [-0.2, -0.15) is 0 Å². The quantitative estimate of drug-likeness (QED) is 0.664. The summed E-state index contributed by atoms with van der Waals surface area (Å²) in [7, 11) is 0. The second-order valence-electron chi connectivity index (χ2n) is 4.90. The number of hydrogen-bond donors (Lipinski definition) is 0. The molecule has 2 aromatic carbocycles. The van der Waals surface area contributed by atoms with E-state index in [1.165, 1.54) is 6.26 Å². The van der Waals surface area contributed by atoms with E-state index in [0.717, 1.165) is 5.56 Å². The second kappa shape index (κ2) is 4.32. The Morgan fingerprint density at radius 3 is 2.45 bits per heavy atom. The predicted molar refractivity (Wildman–Crippen MR) is 75.5 cm³/mol. The smallest absolute Gasteiger partial charge is 0.198 e. The van der Waals surface area contributed by atoms with E-state index in [4.69, 9.17) is 9.15 Å². The number of rotatable bonds is 2. The highest BCUT2D eigenvalue weighted by molar-refractivity contribution is 5.76. The first-order chi connectivity index (χ1) is 9.84. The fraction of sp³-hybridized carbons (Fsp3) is 0.118. The summed E-state index contributed by atoms with van der Waals surface area (Å²) in [5.41, 5.74) is 2.29. The summed E-state index contributed by atoms with van der Waals surface area (Å²) >= 11 is 0. The Labute approximate surface area is 115 Å². The van der Waals surface area contributed by atoms with Crippen molar-refractivity contribution in [3.8, 4) is 0 Å². The molecule has 3 aromatic rings. The standard InChI is InChI=1S/C17H12O3/c18-15-12-8-4-5-9-14(12)19-10-13(15)17-16(20-17)11-6-2-1-3-7-11/h1-10,16-17H/t16-,17+/m1/s1. The van der Waals surface area contributed by atoms with Crippen LogP contribution in [0.3, 0.4) is 0 Å². The van der Waals surface area contributed by atoms with Crippen LogP contribution in [0.1, 0.15) is 23.3 Å². The zero-order valence-electron chi connectivity index (χ0n) is 10.7. The maximum Gasteiger partial charge on any atom is 0.198 e. The van der Waals surface area contributed by atoms with Gasteiger partial charge < -0.3 is 9.15 Å². The Bertz CT molecular complexity index is 820. The molecule has 2 atom stereocenters. The summed E-state index contributed by atoms with van der Waals surface area (Å²) in [6, 6.07) is 17.2. The minimum absolute atomic E-state index is 0.00437. The third-order valence-electron chi connectivity index (χ3n) is 3.63. The molecule has 0 spiro atoms. The zero-order valence-corrected chi connectivity index (χ0v) is 10.7. The molecule has 0 unspecified atom stereocenters. The van der Waals surface area contributed by atoms with Crippen LogP contribution in [0.2, 0.25) is 0 Å². The van der Waals surface area contributed by atoms with E-state index in [0.29, 0.717) is 16.5 Å². The molecule has 1 aromatic heterocycles. The van der Waals surface area contributed by atoms with Crippen LogP contribution in [0.5, 0.6) is 0 Å². The summed E-state index contributed by atoms with van der Waals surface area (Å²) in [5, 5.41) is 0.604. The maximum absolute atomic E-state index is 12.4. The summed E-state index contributed by atoms with van der Waals surface area (Å²) < 4.78 is 11.2. The van der Waals surface area contributed by atoms with Crippen LogP contribution in [0.4, 0.5) is 0 Å². The van der Waals surface area contributed by atoms with Crippen LogP contribution < -0.4 is 5.43 Å². The van der Waals surface area contributed by atoms with Crippen molar-refractivity contribution in [3.63, 3.8) is 0 Å². The minimum atomic E-state index is -0.196. The van der Waals surface area contributed by atoms with E-state index in [1.807, 2.05) is 42.5 Å². The van der Waals surface area contributed by atoms with E-state index in [-0.39, 0.29) is 17.6 Å². The van der Waals surface area contributed by atoms with Gasteiger partial charge in [-0.3, -0.25) is 4.79 Å². The molecule has 0 aliphatic carbocycles. The second-order valence-corrected chi connectivity index (χ2v) is 4.90. The van der Waals surface area contributed by atoms with Gasteiger partial charge in [-0.15, -0.1) is 0 Å². The van der Waals surface area contributed by atoms with Gasteiger partial charge in [0, 0.05) is 0 Å². The van der Waals surface area contributed by atoms with Crippen molar-refractivity contribution in [2.45, 2.75) is 12.2 Å². The van der Waals surface area contributed by atoms with Gasteiger partial charge in [0.05, 0.1) is 10.9 Å². The van der Waals surface area contributed by atoms with E-state index in [2.05, 4.69) is 0 Å². The Hall–Kier alpha value is -2.39. The van der Waals surface area contributed by atoms with Crippen LogP contribution in [0.15, 0.2) is 70.1 Å². The van der Waals surface area contributed by atoms with Crippen molar-refractivity contribution in [3.05, 3.63) is 82.2 Å². The van der Waals surface area contributed by atoms with Crippen molar-refractivity contribution in [1.82, 2.24) is 0 Å². The molecule has 98 valence electrons. The van der Waals surface area contributed by atoms with Gasteiger partial charge in [0.1, 0.15) is 24.1 Å². The molecule has 0 radical (unpaired) electrons. The fourth-order valence-electron chi connectivity index (χ4n) is 2.53. The Morgan fingerprint density at radius 2 is 1.60 bits per heavy atom. The largest absolute Gasteiger partial charge is 0.464 e. The molecule has 3 nitrogen and oxygen atoms in total. The lowest BCUT2D eigenvalue weighted by Gasteiger charge is -1.99. The Kier molecular flexibility index (Phi) is 2.47. The SMILES string of the molecule is O=c1c([C@@H]2O[C@@H]2c2ccccc2)coc2ccccc12. The average Bonchev–Trinajstić information content (AvgIpc) is 3.29. The van der Waals surface area contributed by atoms with Crippen molar-refractivity contribution in [2.24, 2.45) is 0 Å². The highest BCUT2D eigenvalue weighted by Gasteiger charge is 2.43. The van der Waals surface area contributed by atoms with E-state index in [1.54, 1.807) is 12.1 Å². The molecule has 0 N–H and O–H groups in total. The Balaban J connectivity index is 1.75. The lowest BCUT2D eigenvalue weighted by molar-refractivity contribution is 0.374. The number of epoxide rings is 1. The highest BCUT2D eigenvalue weighted by atomic mass is 16.6. The Morgan fingerprint density at radius 1 is 0.850 bits per heavy atom. The molecule has 3 heteroatoms. The lowest BCUT2D eigenvalue weighted by atomic mass is 10.0. The van der Waals surface area contributed by atoms with Crippen LogP contribution in [-0.4, -0.2) is 0 Å². The topological polar surface area (TPSA) is 42.7 Å². The van der Waals surface area contributed by atoms with Crippen LogP contribution in [0.25, 0.3) is 11.0 Å². The van der Waals surface area contributed by atoms with Gasteiger partial charge in [0.25, 0.3) is 0 Å². The van der Waals surface area contributed by atoms with Gasteiger partial charge in [-0.05, 0) is 17.7 Å². The number of ether oxygens (including phenoxy) is 1. The van der Waals surface area contributed by atoms with Gasteiger partial charge in [0.15, 0.2) is 5.43 Å². The van der Waals surface area contributed by atoms with Crippen molar-refractivity contribution in [2.75, 3.05) is 0 Å². The molecule has 20 heavy (non-hydrogen) atoms. The molecule has 1 aliphatic rings. The van der Waals surface area contributed by atoms with Crippen LogP contribution in [0, 0.1) is 0 Å². The number of benzene rings is 2. The molecular formula is C17H12O3. The fourth-order valence-corrected chi connectivity index (χ4v) is 2.53. The molecule has 0 bridgehead atoms. The predicted octanol–water partition coefficient (Wildman–Crippen LogP) is 3.61. The highest BCUT2D eigenvalue weighted by Crippen LogP contribution is 2.49. The molecule has 2 heterocycles. The molecule has 1 saturated heterocycles. The first kappa shape index (κ1) is 11.4. The molecule has 4 rings (SSSR count). The molecule has 0 saturated carbocycles. The van der Waals surface area contributed by atoms with Gasteiger partial charge in [-0.25, -0.2) is 0 Å². The van der Waals surface area contributed by atoms with Crippen LogP contribution in [-0.2, 0) is 4.74 Å². The first-order valence-electron chi connectivity index (χ1n) is 6.55. The van der Waals surface area contributed by atoms with E-state index in [9.17, 15) is 4.79 Å². The van der Waals surface area contributed by atoms with Crippen molar-refractivity contribution < 1.29 is 9.15 Å². The normalized spacial score (nSPS) is 21.0. The summed E-state index contributed by atoms with van der Waals surface area (Å²) in [6.45, 7) is 0. The molecule has 0 amide bonds. The third-order valence-corrected chi connectivity index (χ3v) is 3.63. The minimum Gasteiger partial charge on any atom is -0.464 e. The zero-order chi connectivity index (χ0) is 13.5. The first-order valence-corrected chi connectivity index (χ1v) is 6.55. The van der Waals surface area contributed by atoms with E-state index < -0.39 is 0 Å². The third kappa shape index (κ3) is 1.75. The van der Waals surface area contributed by atoms with Crippen molar-refractivity contribution in [1.29, 1.82) is 0 Å². The van der Waals surface area contributed by atoms with Gasteiger partial charge in [0.2, 0.25) is 0 Å². The lowest BCUT2D eigenvalue weighted by Crippen LogP contribution is -2.07. The summed E-state index contributed by atoms with van der Waals surface area (Å²) in [5.74, 6) is 0. The average molecular weight is 264 g/mol. The summed E-state index contributed by atoms with van der Waals surface area (Å²) in [6.07, 6.45) is 1.29. The number of fused-ring (bicyclic) bond motifs is 1.